The molecule has 1 saturated heterocycles. The van der Waals surface area contributed by atoms with Crippen LogP contribution in [0.4, 0.5) is 4.39 Å². The van der Waals surface area contributed by atoms with Gasteiger partial charge in [0.25, 0.3) is 0 Å². The summed E-state index contributed by atoms with van der Waals surface area (Å²) in [6.45, 7) is 8.25. The molecule has 0 bridgehead atoms. The number of ether oxygens (including phenoxy) is 1. The lowest BCUT2D eigenvalue weighted by atomic mass is 9.98. The number of piperidine rings is 1. The highest BCUT2D eigenvalue weighted by Crippen LogP contribution is 2.17. The van der Waals surface area contributed by atoms with Crippen molar-refractivity contribution in [3.63, 3.8) is 0 Å². The second-order valence-corrected chi connectivity index (χ2v) is 7.59. The van der Waals surface area contributed by atoms with E-state index in [2.05, 4.69) is 29.5 Å². The van der Waals surface area contributed by atoms with Crippen LogP contribution in [0.3, 0.4) is 0 Å². The summed E-state index contributed by atoms with van der Waals surface area (Å²) in [7, 11) is 1.74. The van der Waals surface area contributed by atoms with Crippen LogP contribution in [0, 0.1) is 11.7 Å². The maximum atomic E-state index is 13.0. The van der Waals surface area contributed by atoms with Gasteiger partial charge in [0.2, 0.25) is 5.91 Å². The average molecular weight is 534 g/mol. The molecule has 0 radical (unpaired) electrons. The zero-order valence-electron chi connectivity index (χ0n) is 18.5. The van der Waals surface area contributed by atoms with E-state index >= 15 is 0 Å². The number of hydrogen-bond donors (Lipinski definition) is 2. The summed E-state index contributed by atoms with van der Waals surface area (Å²) in [5, 5.41) is 6.72. The molecule has 1 aliphatic heterocycles. The Morgan fingerprint density at radius 2 is 1.83 bits per heavy atom. The summed E-state index contributed by atoms with van der Waals surface area (Å²) >= 11 is 0. The number of guanidine groups is 1. The Morgan fingerprint density at radius 3 is 2.37 bits per heavy atom. The van der Waals surface area contributed by atoms with Crippen LogP contribution in [0.15, 0.2) is 29.3 Å². The molecule has 1 amide bonds. The number of aliphatic imine (C=N–C) groups is 1. The van der Waals surface area contributed by atoms with Crippen LogP contribution in [0.5, 0.6) is 5.75 Å². The minimum atomic E-state index is -0.277. The van der Waals surface area contributed by atoms with Gasteiger partial charge in [-0.05, 0) is 56.9 Å². The molecule has 0 aromatic heterocycles. The number of nitrogens with zero attached hydrogens (tertiary/aromatic N) is 2. The highest BCUT2D eigenvalue weighted by atomic mass is 127. The van der Waals surface area contributed by atoms with E-state index in [4.69, 9.17) is 4.74 Å². The van der Waals surface area contributed by atoms with Crippen LogP contribution in [0.2, 0.25) is 0 Å². The maximum Gasteiger partial charge on any atom is 0.225 e. The number of rotatable bonds is 8. The van der Waals surface area contributed by atoms with Crippen LogP contribution < -0.4 is 15.4 Å². The smallest absolute Gasteiger partial charge is 0.225 e. The molecule has 0 aliphatic carbocycles. The lowest BCUT2D eigenvalue weighted by molar-refractivity contribution is -0.136. The highest BCUT2D eigenvalue weighted by molar-refractivity contribution is 14.0. The van der Waals surface area contributed by atoms with Gasteiger partial charge in [0.05, 0.1) is 6.54 Å². The minimum Gasteiger partial charge on any atom is -0.489 e. The highest BCUT2D eigenvalue weighted by Gasteiger charge is 2.26. The molecular weight excluding hydrogens is 498 g/mol. The van der Waals surface area contributed by atoms with Gasteiger partial charge in [-0.1, -0.05) is 13.8 Å². The molecule has 1 heterocycles. The average Bonchev–Trinajstić information content (AvgIpc) is 2.74. The van der Waals surface area contributed by atoms with Crippen molar-refractivity contribution in [3.05, 3.63) is 30.1 Å². The van der Waals surface area contributed by atoms with Crippen molar-refractivity contribution in [2.75, 3.05) is 26.7 Å². The molecule has 0 saturated carbocycles. The molecule has 1 aromatic carbocycles. The third kappa shape index (κ3) is 8.28. The van der Waals surface area contributed by atoms with Crippen molar-refractivity contribution < 1.29 is 13.9 Å². The van der Waals surface area contributed by atoms with Crippen molar-refractivity contribution >= 4 is 35.8 Å². The van der Waals surface area contributed by atoms with E-state index in [1.54, 1.807) is 19.2 Å². The predicted molar refractivity (Wildman–Crippen MR) is 130 cm³/mol. The van der Waals surface area contributed by atoms with Gasteiger partial charge in [0.1, 0.15) is 17.7 Å². The van der Waals surface area contributed by atoms with Gasteiger partial charge in [-0.25, -0.2) is 4.39 Å². The Labute approximate surface area is 197 Å². The first-order valence-electron chi connectivity index (χ1n) is 10.6. The fraction of sp³-hybridized carbons (Fsp3) is 0.636. The third-order valence-electron chi connectivity index (χ3n) is 5.41. The Bertz CT molecular complexity index is 660. The molecule has 1 unspecified atom stereocenters. The molecule has 2 rings (SSSR count). The SMILES string of the molecule is CCC(CC)C(=O)N1CCC(NC(=NC)NCC(C)Oc2ccc(F)cc2)CC1.I. The minimum absolute atomic E-state index is 0. The lowest BCUT2D eigenvalue weighted by Crippen LogP contribution is -2.51. The molecule has 0 spiro atoms. The molecule has 30 heavy (non-hydrogen) atoms. The van der Waals surface area contributed by atoms with Crippen LogP contribution >= 0.6 is 24.0 Å². The first-order valence-corrected chi connectivity index (χ1v) is 10.6. The number of carbonyl (C=O) groups is 1. The summed E-state index contributed by atoms with van der Waals surface area (Å²) in [6, 6.07) is 6.30. The van der Waals surface area contributed by atoms with E-state index in [9.17, 15) is 9.18 Å². The van der Waals surface area contributed by atoms with Crippen LogP contribution in [0.1, 0.15) is 46.5 Å². The topological polar surface area (TPSA) is 66.0 Å². The molecule has 1 aliphatic rings. The molecule has 6 nitrogen and oxygen atoms in total. The van der Waals surface area contributed by atoms with E-state index in [1.807, 2.05) is 11.8 Å². The van der Waals surface area contributed by atoms with Gasteiger partial charge in [0.15, 0.2) is 5.96 Å². The molecule has 1 atom stereocenters. The summed E-state index contributed by atoms with van der Waals surface area (Å²) in [5.41, 5.74) is 0. The van der Waals surface area contributed by atoms with Gasteiger partial charge < -0.3 is 20.3 Å². The Hall–Kier alpha value is -1.58. The number of halogens is 2. The Kier molecular flexibility index (Phi) is 12.1. The van der Waals surface area contributed by atoms with Crippen molar-refractivity contribution in [3.8, 4) is 5.75 Å². The van der Waals surface area contributed by atoms with Crippen LogP contribution in [-0.4, -0.2) is 55.6 Å². The molecule has 2 N–H and O–H groups in total. The van der Waals surface area contributed by atoms with Crippen molar-refractivity contribution in [1.29, 1.82) is 0 Å². The van der Waals surface area contributed by atoms with Gasteiger partial charge in [0, 0.05) is 32.1 Å². The van der Waals surface area contributed by atoms with Crippen LogP contribution in [-0.2, 0) is 4.79 Å². The Morgan fingerprint density at radius 1 is 1.23 bits per heavy atom. The zero-order valence-corrected chi connectivity index (χ0v) is 20.8. The monoisotopic (exact) mass is 534 g/mol. The summed E-state index contributed by atoms with van der Waals surface area (Å²) in [6.07, 6.45) is 3.53. The first-order chi connectivity index (χ1) is 14.0. The van der Waals surface area contributed by atoms with Gasteiger partial charge in [-0.2, -0.15) is 0 Å². The quantitative estimate of drug-likeness (QED) is 0.303. The van der Waals surface area contributed by atoms with Gasteiger partial charge >= 0.3 is 0 Å². The molecular formula is C22H36FIN4O2. The van der Waals surface area contributed by atoms with E-state index in [1.165, 1.54) is 12.1 Å². The largest absolute Gasteiger partial charge is 0.489 e. The predicted octanol–water partition coefficient (Wildman–Crippen LogP) is 3.80. The molecule has 8 heteroatoms. The van der Waals surface area contributed by atoms with E-state index in [0.29, 0.717) is 24.2 Å². The number of hydrogen-bond acceptors (Lipinski definition) is 3. The second-order valence-electron chi connectivity index (χ2n) is 7.59. The first kappa shape index (κ1) is 26.5. The van der Waals surface area contributed by atoms with E-state index in [-0.39, 0.29) is 41.8 Å². The maximum absolute atomic E-state index is 13.0. The second kappa shape index (κ2) is 13.7. The van der Waals surface area contributed by atoms with Crippen molar-refractivity contribution in [1.82, 2.24) is 15.5 Å². The molecule has 1 aromatic rings. The Balaban J connectivity index is 0.00000450. The zero-order chi connectivity index (χ0) is 21.2. The van der Waals surface area contributed by atoms with E-state index in [0.717, 1.165) is 44.7 Å². The number of nitrogens with one attached hydrogen (secondary N) is 2. The standard InChI is InChI=1S/C22H35FN4O2.HI/c1-5-17(6-2)21(28)27-13-11-19(12-14-27)26-22(24-4)25-15-16(3)29-20-9-7-18(23)8-10-20;/h7-10,16-17,19H,5-6,11-15H2,1-4H3,(H2,24,25,26);1H. The number of amides is 1. The summed E-state index contributed by atoms with van der Waals surface area (Å²) in [4.78, 5) is 18.8. The molecule has 1 fully saturated rings. The number of benzene rings is 1. The number of carbonyl (C=O) groups excluding carboxylic acids is 1. The fourth-order valence-corrected chi connectivity index (χ4v) is 3.56. The fourth-order valence-electron chi connectivity index (χ4n) is 3.56. The van der Waals surface area contributed by atoms with E-state index < -0.39 is 0 Å². The molecule has 170 valence electrons. The lowest BCUT2D eigenvalue weighted by Gasteiger charge is -2.35. The summed E-state index contributed by atoms with van der Waals surface area (Å²) < 4.78 is 18.8. The van der Waals surface area contributed by atoms with Gasteiger partial charge in [-0.15, -0.1) is 24.0 Å². The normalized spacial score (nSPS) is 16.1. The van der Waals surface area contributed by atoms with Gasteiger partial charge in [-0.3, -0.25) is 9.79 Å². The summed E-state index contributed by atoms with van der Waals surface area (Å²) in [5.74, 6) is 1.53. The van der Waals surface area contributed by atoms with Crippen molar-refractivity contribution in [2.45, 2.75) is 58.6 Å². The van der Waals surface area contributed by atoms with Crippen LogP contribution in [0.25, 0.3) is 0 Å². The number of likely N-dealkylation sites (tertiary alicyclic amines) is 1. The van der Waals surface area contributed by atoms with Crippen molar-refractivity contribution in [2.24, 2.45) is 10.9 Å². The third-order valence-corrected chi connectivity index (χ3v) is 5.41.